The van der Waals surface area contributed by atoms with Crippen LogP contribution in [-0.4, -0.2) is 42.0 Å². The number of imidazole rings is 1. The van der Waals surface area contributed by atoms with E-state index in [4.69, 9.17) is 28.2 Å². The summed E-state index contributed by atoms with van der Waals surface area (Å²) in [6.07, 6.45) is 9.34. The van der Waals surface area contributed by atoms with Crippen LogP contribution in [0.2, 0.25) is 10.2 Å². The molecule has 1 aliphatic rings. The summed E-state index contributed by atoms with van der Waals surface area (Å²) >= 11 is 12.7. The molecule has 0 unspecified atom stereocenters. The largest absolute Gasteiger partial charge is 0.333 e. The average molecular weight is 551 g/mol. The first-order valence-electron chi connectivity index (χ1n) is 12.2. The van der Waals surface area contributed by atoms with E-state index in [9.17, 15) is 9.59 Å². The molecule has 0 atom stereocenters. The minimum atomic E-state index is -0.401. The summed E-state index contributed by atoms with van der Waals surface area (Å²) in [6, 6.07) is 10.4. The van der Waals surface area contributed by atoms with Crippen molar-refractivity contribution in [1.29, 1.82) is 0 Å². The number of halogens is 2. The molecule has 2 bridgehead atoms. The molecule has 194 valence electrons. The minimum absolute atomic E-state index is 0.100. The zero-order valence-corrected chi connectivity index (χ0v) is 21.8. The number of nitrogens with zero attached hydrogens (tertiary/aromatic N) is 5. The molecule has 0 aliphatic carbocycles. The summed E-state index contributed by atoms with van der Waals surface area (Å²) in [7, 11) is 0. The van der Waals surface area contributed by atoms with Gasteiger partial charge in [-0.1, -0.05) is 42.1 Å². The molecule has 10 nitrogen and oxygen atoms in total. The number of benzene rings is 2. The molecule has 5 rings (SSSR count). The predicted molar refractivity (Wildman–Crippen MR) is 146 cm³/mol. The Hall–Kier alpha value is -4.02. The van der Waals surface area contributed by atoms with E-state index >= 15 is 0 Å². The number of aromatic amines is 1. The van der Waals surface area contributed by atoms with E-state index in [1.165, 1.54) is 17.1 Å². The van der Waals surface area contributed by atoms with E-state index in [2.05, 4.69) is 31.1 Å². The van der Waals surface area contributed by atoms with Crippen molar-refractivity contribution in [3.63, 3.8) is 0 Å². The lowest BCUT2D eigenvalue weighted by molar-refractivity contribution is -0.116. The van der Waals surface area contributed by atoms with Crippen molar-refractivity contribution in [2.24, 2.45) is 0 Å². The molecule has 2 aromatic heterocycles. The zero-order chi connectivity index (χ0) is 26.5. The van der Waals surface area contributed by atoms with Gasteiger partial charge in [-0.3, -0.25) is 9.59 Å². The van der Waals surface area contributed by atoms with Crippen molar-refractivity contribution in [2.75, 3.05) is 10.6 Å². The molecule has 3 N–H and O–H groups in total. The number of aryl methyl sites for hydroxylation is 1. The molecular weight excluding hydrogens is 527 g/mol. The van der Waals surface area contributed by atoms with Crippen molar-refractivity contribution in [2.45, 2.75) is 38.5 Å². The van der Waals surface area contributed by atoms with Crippen molar-refractivity contribution in [3.8, 4) is 16.9 Å². The van der Waals surface area contributed by atoms with E-state index in [0.29, 0.717) is 50.5 Å². The van der Waals surface area contributed by atoms with Crippen LogP contribution < -0.4 is 10.6 Å². The summed E-state index contributed by atoms with van der Waals surface area (Å²) in [6.45, 7) is 0. The Morgan fingerprint density at radius 3 is 2.74 bits per heavy atom. The van der Waals surface area contributed by atoms with Gasteiger partial charge in [0.25, 0.3) is 0 Å². The van der Waals surface area contributed by atoms with Crippen LogP contribution in [0, 0.1) is 0 Å². The van der Waals surface area contributed by atoms with Gasteiger partial charge < -0.3 is 15.6 Å². The second kappa shape index (κ2) is 11.6. The Kier molecular flexibility index (Phi) is 7.81. The standard InChI is InChI=1S/C26H24Cl2N8O2/c27-17-11-12-20(36-15-29-34-35-36)16(14-17)10-13-23(38)31-19-7-5-6-18-24(19)25-26(28)33-21(32-25)8-3-1-2-4-9-22(37)30-18/h5-7,10-15H,1-4,8-9H2,(H,30,37)(H,31,38)(H,32,33). The lowest BCUT2D eigenvalue weighted by atomic mass is 10.1. The van der Waals surface area contributed by atoms with Crippen molar-refractivity contribution >= 4 is 52.5 Å². The number of carbonyl (C=O) groups is 2. The lowest BCUT2D eigenvalue weighted by Gasteiger charge is -2.15. The fourth-order valence-electron chi connectivity index (χ4n) is 4.32. The van der Waals surface area contributed by atoms with Gasteiger partial charge in [-0.15, -0.1) is 5.10 Å². The Labute approximate surface area is 228 Å². The Morgan fingerprint density at radius 1 is 1.08 bits per heavy atom. The highest BCUT2D eigenvalue weighted by atomic mass is 35.5. The Balaban J connectivity index is 1.47. The van der Waals surface area contributed by atoms with Crippen molar-refractivity contribution in [1.82, 2.24) is 30.2 Å². The van der Waals surface area contributed by atoms with Gasteiger partial charge in [0.2, 0.25) is 11.8 Å². The van der Waals surface area contributed by atoms with Crippen LogP contribution in [-0.2, 0) is 16.0 Å². The molecular formula is C26H24Cl2N8O2. The van der Waals surface area contributed by atoms with Crippen LogP contribution >= 0.6 is 23.2 Å². The Morgan fingerprint density at radius 2 is 1.92 bits per heavy atom. The number of nitrogens with one attached hydrogen (secondary N) is 3. The number of rotatable bonds is 4. The van der Waals surface area contributed by atoms with Gasteiger partial charge in [-0.25, -0.2) is 4.98 Å². The highest BCUT2D eigenvalue weighted by molar-refractivity contribution is 6.32. The summed E-state index contributed by atoms with van der Waals surface area (Å²) in [4.78, 5) is 33.6. The number of anilines is 2. The third-order valence-electron chi connectivity index (χ3n) is 6.11. The molecule has 1 aliphatic heterocycles. The number of fused-ring (bicyclic) bond motifs is 4. The maximum atomic E-state index is 13.1. The number of tetrazole rings is 1. The maximum absolute atomic E-state index is 13.1. The highest BCUT2D eigenvalue weighted by Crippen LogP contribution is 2.38. The third kappa shape index (κ3) is 5.92. The molecule has 12 heteroatoms. The van der Waals surface area contributed by atoms with Gasteiger partial charge in [-0.2, -0.15) is 4.68 Å². The van der Waals surface area contributed by atoms with E-state index in [-0.39, 0.29) is 5.91 Å². The number of amides is 2. The van der Waals surface area contributed by atoms with Crippen LogP contribution in [0.1, 0.15) is 43.5 Å². The smallest absolute Gasteiger partial charge is 0.248 e. The van der Waals surface area contributed by atoms with Crippen LogP contribution in [0.25, 0.3) is 23.0 Å². The molecule has 2 aromatic carbocycles. The molecule has 0 radical (unpaired) electrons. The van der Waals surface area contributed by atoms with Gasteiger partial charge in [-0.05, 0) is 59.7 Å². The van der Waals surface area contributed by atoms with E-state index in [1.54, 1.807) is 42.5 Å². The van der Waals surface area contributed by atoms with Crippen LogP contribution in [0.4, 0.5) is 11.4 Å². The van der Waals surface area contributed by atoms with Crippen molar-refractivity contribution in [3.05, 3.63) is 70.4 Å². The van der Waals surface area contributed by atoms with Crippen molar-refractivity contribution < 1.29 is 9.59 Å². The molecule has 0 fully saturated rings. The number of H-pyrrole nitrogens is 1. The first-order chi connectivity index (χ1) is 18.5. The topological polar surface area (TPSA) is 130 Å². The van der Waals surface area contributed by atoms with Gasteiger partial charge in [0.05, 0.1) is 22.6 Å². The van der Waals surface area contributed by atoms with Crippen LogP contribution in [0.15, 0.2) is 48.8 Å². The molecule has 38 heavy (non-hydrogen) atoms. The minimum Gasteiger partial charge on any atom is -0.333 e. The third-order valence-corrected chi connectivity index (χ3v) is 6.62. The van der Waals surface area contributed by atoms with Crippen LogP contribution in [0.5, 0.6) is 0 Å². The van der Waals surface area contributed by atoms with E-state index < -0.39 is 5.91 Å². The fourth-order valence-corrected chi connectivity index (χ4v) is 4.75. The number of carbonyl (C=O) groups excluding carboxylic acids is 2. The lowest BCUT2D eigenvalue weighted by Crippen LogP contribution is -2.14. The SMILES string of the molecule is O=C(C=Cc1cc(Cl)ccc1-n1cnnn1)Nc1cccc2c1-c1nc([nH]c1Cl)CCCCCCC(=O)N2. The summed E-state index contributed by atoms with van der Waals surface area (Å²) in [5, 5.41) is 18.0. The summed E-state index contributed by atoms with van der Waals surface area (Å²) in [5.74, 6) is 0.262. The number of aromatic nitrogens is 6. The first-order valence-corrected chi connectivity index (χ1v) is 12.9. The zero-order valence-electron chi connectivity index (χ0n) is 20.2. The molecule has 0 saturated heterocycles. The van der Waals surface area contributed by atoms with Gasteiger partial charge >= 0.3 is 0 Å². The molecule has 3 heterocycles. The van der Waals surface area contributed by atoms with Gasteiger partial charge in [0.1, 0.15) is 23.0 Å². The van der Waals surface area contributed by atoms with Gasteiger partial charge in [0.15, 0.2) is 0 Å². The predicted octanol–water partition coefficient (Wildman–Crippen LogP) is 5.46. The molecule has 4 aromatic rings. The first kappa shape index (κ1) is 25.6. The molecule has 0 saturated carbocycles. The van der Waals surface area contributed by atoms with Gasteiger partial charge in [0, 0.05) is 29.5 Å². The second-order valence-corrected chi connectivity index (χ2v) is 9.63. The Bertz CT molecular complexity index is 1500. The van der Waals surface area contributed by atoms with E-state index in [0.717, 1.165) is 37.9 Å². The van der Waals surface area contributed by atoms with E-state index in [1.807, 2.05) is 0 Å². The fraction of sp³-hybridized carbons (Fsp3) is 0.231. The monoisotopic (exact) mass is 550 g/mol. The molecule has 2 amide bonds. The molecule has 0 spiro atoms. The average Bonchev–Trinajstić information content (AvgIpc) is 3.55. The second-order valence-electron chi connectivity index (χ2n) is 8.82. The van der Waals surface area contributed by atoms with Crippen LogP contribution in [0.3, 0.4) is 0 Å². The maximum Gasteiger partial charge on any atom is 0.248 e. The number of hydrogen-bond donors (Lipinski definition) is 3. The normalized spacial score (nSPS) is 14.2. The summed E-state index contributed by atoms with van der Waals surface area (Å²) in [5.41, 5.74) is 3.28. The highest BCUT2D eigenvalue weighted by Gasteiger charge is 2.21. The quantitative estimate of drug-likeness (QED) is 0.289. The summed E-state index contributed by atoms with van der Waals surface area (Å²) < 4.78 is 1.48. The number of hydrogen-bond acceptors (Lipinski definition) is 6.